The number of rotatable bonds is 4. The van der Waals surface area contributed by atoms with Crippen LogP contribution < -0.4 is 9.47 Å². The SMILES string of the molecule is CC(C)C(=O)O[C@H](c1cc2c(cc1Br)OCO2)[C@@H](C)Br. The maximum absolute atomic E-state index is 11.9. The van der Waals surface area contributed by atoms with Crippen LogP contribution in [0.15, 0.2) is 16.6 Å². The third-order valence-electron chi connectivity index (χ3n) is 2.93. The van der Waals surface area contributed by atoms with E-state index in [1.54, 1.807) is 0 Å². The molecule has 4 nitrogen and oxygen atoms in total. The molecule has 0 saturated carbocycles. The molecule has 6 heteroatoms. The molecule has 1 aliphatic heterocycles. The topological polar surface area (TPSA) is 44.8 Å². The van der Waals surface area contributed by atoms with Gasteiger partial charge in [0.2, 0.25) is 6.79 Å². The van der Waals surface area contributed by atoms with Crippen molar-refractivity contribution in [2.75, 3.05) is 6.79 Å². The van der Waals surface area contributed by atoms with Crippen LogP contribution in [0.5, 0.6) is 11.5 Å². The van der Waals surface area contributed by atoms with Crippen LogP contribution in [0, 0.1) is 5.92 Å². The number of esters is 1. The van der Waals surface area contributed by atoms with Crippen molar-refractivity contribution in [3.8, 4) is 11.5 Å². The standard InChI is InChI=1S/C14H16Br2O4/c1-7(2)14(17)20-13(8(3)15)9-4-11-12(5-10(9)16)19-6-18-11/h4-5,7-8,13H,6H2,1-3H3/t8-,13+/m1/s1. The predicted octanol–water partition coefficient (Wildman–Crippen LogP) is 4.20. The number of ether oxygens (including phenoxy) is 3. The van der Waals surface area contributed by atoms with Gasteiger partial charge in [0.25, 0.3) is 0 Å². The summed E-state index contributed by atoms with van der Waals surface area (Å²) in [6, 6.07) is 3.69. The number of carbonyl (C=O) groups is 1. The van der Waals surface area contributed by atoms with E-state index in [0.29, 0.717) is 11.5 Å². The number of hydrogen-bond donors (Lipinski definition) is 0. The zero-order chi connectivity index (χ0) is 14.9. The van der Waals surface area contributed by atoms with Crippen LogP contribution >= 0.6 is 31.9 Å². The van der Waals surface area contributed by atoms with E-state index in [4.69, 9.17) is 14.2 Å². The average molecular weight is 408 g/mol. The number of benzene rings is 1. The van der Waals surface area contributed by atoms with Crippen molar-refractivity contribution in [1.29, 1.82) is 0 Å². The lowest BCUT2D eigenvalue weighted by molar-refractivity contribution is -0.153. The molecule has 0 radical (unpaired) electrons. The Labute approximate surface area is 135 Å². The molecule has 20 heavy (non-hydrogen) atoms. The lowest BCUT2D eigenvalue weighted by Crippen LogP contribution is -2.21. The normalized spacial score (nSPS) is 16.1. The number of fused-ring (bicyclic) bond motifs is 1. The molecular formula is C14H16Br2O4. The van der Waals surface area contributed by atoms with Gasteiger partial charge < -0.3 is 14.2 Å². The molecule has 0 aliphatic carbocycles. The fourth-order valence-electron chi connectivity index (χ4n) is 1.82. The van der Waals surface area contributed by atoms with E-state index in [9.17, 15) is 4.79 Å². The van der Waals surface area contributed by atoms with E-state index in [1.807, 2.05) is 32.9 Å². The minimum atomic E-state index is -0.395. The van der Waals surface area contributed by atoms with Crippen molar-refractivity contribution >= 4 is 37.8 Å². The van der Waals surface area contributed by atoms with Crippen LogP contribution in [-0.4, -0.2) is 17.6 Å². The number of carbonyl (C=O) groups excluding carboxylic acids is 1. The predicted molar refractivity (Wildman–Crippen MR) is 82.3 cm³/mol. The van der Waals surface area contributed by atoms with Gasteiger partial charge in [-0.15, -0.1) is 0 Å². The zero-order valence-corrected chi connectivity index (χ0v) is 14.7. The molecular weight excluding hydrogens is 392 g/mol. The molecule has 0 aromatic heterocycles. The van der Waals surface area contributed by atoms with Gasteiger partial charge in [-0.3, -0.25) is 4.79 Å². The van der Waals surface area contributed by atoms with Gasteiger partial charge in [-0.2, -0.15) is 0 Å². The number of alkyl halides is 1. The van der Waals surface area contributed by atoms with Crippen molar-refractivity contribution in [3.63, 3.8) is 0 Å². The van der Waals surface area contributed by atoms with Crippen molar-refractivity contribution in [2.45, 2.75) is 31.7 Å². The van der Waals surface area contributed by atoms with Crippen molar-refractivity contribution in [3.05, 3.63) is 22.2 Å². The Morgan fingerprint density at radius 1 is 1.25 bits per heavy atom. The molecule has 0 spiro atoms. The summed E-state index contributed by atoms with van der Waals surface area (Å²) in [6.07, 6.45) is -0.395. The fourth-order valence-corrected chi connectivity index (χ4v) is 2.76. The highest BCUT2D eigenvalue weighted by atomic mass is 79.9. The quantitative estimate of drug-likeness (QED) is 0.554. The van der Waals surface area contributed by atoms with E-state index in [2.05, 4.69) is 31.9 Å². The summed E-state index contributed by atoms with van der Waals surface area (Å²) < 4.78 is 17.1. The maximum atomic E-state index is 11.9. The van der Waals surface area contributed by atoms with E-state index in [0.717, 1.165) is 10.0 Å². The van der Waals surface area contributed by atoms with E-state index >= 15 is 0 Å². The number of halogens is 2. The highest BCUT2D eigenvalue weighted by Gasteiger charge is 2.28. The number of hydrogen-bond acceptors (Lipinski definition) is 4. The Hall–Kier alpha value is -0.750. The zero-order valence-electron chi connectivity index (χ0n) is 11.5. The van der Waals surface area contributed by atoms with Crippen molar-refractivity contribution in [1.82, 2.24) is 0 Å². The molecule has 1 aromatic rings. The van der Waals surface area contributed by atoms with Gasteiger partial charge >= 0.3 is 5.97 Å². The van der Waals surface area contributed by atoms with Gasteiger partial charge in [0, 0.05) is 10.0 Å². The van der Waals surface area contributed by atoms with Crippen LogP contribution in [0.3, 0.4) is 0 Å². The lowest BCUT2D eigenvalue weighted by Gasteiger charge is -2.23. The third kappa shape index (κ3) is 3.28. The van der Waals surface area contributed by atoms with Gasteiger partial charge in [-0.05, 0) is 19.1 Å². The minimum Gasteiger partial charge on any atom is -0.456 e. The first kappa shape index (κ1) is 15.6. The van der Waals surface area contributed by atoms with Crippen LogP contribution in [0.1, 0.15) is 32.4 Å². The molecule has 0 amide bonds. The summed E-state index contributed by atoms with van der Waals surface area (Å²) in [6.45, 7) is 5.78. The Kier molecular flexibility index (Phi) is 4.96. The van der Waals surface area contributed by atoms with E-state index in [-0.39, 0.29) is 23.5 Å². The summed E-state index contributed by atoms with van der Waals surface area (Å²) in [7, 11) is 0. The average Bonchev–Trinajstić information content (AvgIpc) is 2.81. The Balaban J connectivity index is 2.32. The summed E-state index contributed by atoms with van der Waals surface area (Å²) in [4.78, 5) is 11.8. The Morgan fingerprint density at radius 3 is 2.40 bits per heavy atom. The minimum absolute atomic E-state index is 0.0260. The van der Waals surface area contributed by atoms with Gasteiger partial charge in [0.05, 0.1) is 10.7 Å². The maximum Gasteiger partial charge on any atom is 0.309 e. The molecule has 1 aliphatic rings. The second-order valence-electron chi connectivity index (χ2n) is 4.92. The van der Waals surface area contributed by atoms with Gasteiger partial charge in [-0.25, -0.2) is 0 Å². The highest BCUT2D eigenvalue weighted by molar-refractivity contribution is 9.10. The molecule has 2 atom stereocenters. The molecule has 0 saturated heterocycles. The van der Waals surface area contributed by atoms with Crippen LogP contribution in [0.2, 0.25) is 0 Å². The Morgan fingerprint density at radius 2 is 1.85 bits per heavy atom. The molecule has 1 heterocycles. The molecule has 0 unspecified atom stereocenters. The molecule has 0 fully saturated rings. The summed E-state index contributed by atoms with van der Waals surface area (Å²) >= 11 is 7.00. The van der Waals surface area contributed by atoms with E-state index < -0.39 is 6.10 Å². The molecule has 0 N–H and O–H groups in total. The highest BCUT2D eigenvalue weighted by Crippen LogP contribution is 2.41. The largest absolute Gasteiger partial charge is 0.456 e. The first-order valence-electron chi connectivity index (χ1n) is 6.33. The van der Waals surface area contributed by atoms with Gasteiger partial charge in [0.1, 0.15) is 6.10 Å². The Bertz CT molecular complexity index is 514. The van der Waals surface area contributed by atoms with Gasteiger partial charge in [0.15, 0.2) is 11.5 Å². The summed E-state index contributed by atoms with van der Waals surface area (Å²) in [5.41, 5.74) is 0.854. The third-order valence-corrected chi connectivity index (χ3v) is 4.10. The van der Waals surface area contributed by atoms with Crippen LogP contribution in [0.4, 0.5) is 0 Å². The van der Waals surface area contributed by atoms with Crippen LogP contribution in [-0.2, 0) is 9.53 Å². The van der Waals surface area contributed by atoms with Crippen LogP contribution in [0.25, 0.3) is 0 Å². The molecule has 1 aromatic carbocycles. The lowest BCUT2D eigenvalue weighted by atomic mass is 10.1. The molecule has 2 rings (SSSR count). The first-order valence-corrected chi connectivity index (χ1v) is 8.04. The smallest absolute Gasteiger partial charge is 0.309 e. The second kappa shape index (κ2) is 6.35. The summed E-state index contributed by atoms with van der Waals surface area (Å²) in [5, 5.41) is 0. The monoisotopic (exact) mass is 406 g/mol. The first-order chi connectivity index (χ1) is 9.40. The van der Waals surface area contributed by atoms with E-state index in [1.165, 1.54) is 0 Å². The molecule has 110 valence electrons. The second-order valence-corrected chi connectivity index (χ2v) is 7.22. The van der Waals surface area contributed by atoms with Gasteiger partial charge in [-0.1, -0.05) is 45.7 Å². The van der Waals surface area contributed by atoms with Crippen molar-refractivity contribution < 1.29 is 19.0 Å². The summed E-state index contributed by atoms with van der Waals surface area (Å²) in [5.74, 6) is 0.959. The fraction of sp³-hybridized carbons (Fsp3) is 0.500. The molecule has 0 bridgehead atoms. The van der Waals surface area contributed by atoms with Crippen molar-refractivity contribution in [2.24, 2.45) is 5.92 Å².